The van der Waals surface area contributed by atoms with Gasteiger partial charge in [0.1, 0.15) is 0 Å². The minimum atomic E-state index is -0.529. The fourth-order valence-corrected chi connectivity index (χ4v) is 2.44. The third-order valence-electron chi connectivity index (χ3n) is 2.38. The number of hydrogen-bond acceptors (Lipinski definition) is 3. The lowest BCUT2D eigenvalue weighted by Gasteiger charge is -2.09. The van der Waals surface area contributed by atoms with Crippen molar-refractivity contribution in [1.29, 1.82) is 0 Å². The summed E-state index contributed by atoms with van der Waals surface area (Å²) in [4.78, 5) is 12.0. The van der Waals surface area contributed by atoms with E-state index in [-0.39, 0.29) is 0 Å². The smallest absolute Gasteiger partial charge is 0.234 e. The van der Waals surface area contributed by atoms with Crippen LogP contribution in [-0.2, 0) is 4.79 Å². The molecular formula is C12H18N2OS. The summed E-state index contributed by atoms with van der Waals surface area (Å²) in [6.07, 6.45) is 0.618. The number of rotatable bonds is 5. The van der Waals surface area contributed by atoms with E-state index in [0.29, 0.717) is 6.42 Å². The SMILES string of the molecule is Cc1ccc(SCCC(N)C(N)=O)c(C)c1. The molecule has 1 amide bonds. The van der Waals surface area contributed by atoms with Crippen molar-refractivity contribution in [1.82, 2.24) is 0 Å². The van der Waals surface area contributed by atoms with Gasteiger partial charge in [0.25, 0.3) is 0 Å². The van der Waals surface area contributed by atoms with E-state index in [4.69, 9.17) is 11.5 Å². The zero-order valence-corrected chi connectivity index (χ0v) is 10.5. The van der Waals surface area contributed by atoms with Crippen molar-refractivity contribution < 1.29 is 4.79 Å². The van der Waals surface area contributed by atoms with Gasteiger partial charge in [-0.2, -0.15) is 0 Å². The van der Waals surface area contributed by atoms with E-state index in [9.17, 15) is 4.79 Å². The standard InChI is InChI=1S/C12H18N2OS/c1-8-3-4-11(9(2)7-8)16-6-5-10(13)12(14)15/h3-4,7,10H,5-6,13H2,1-2H3,(H2,14,15). The van der Waals surface area contributed by atoms with Crippen molar-refractivity contribution in [2.45, 2.75) is 31.2 Å². The van der Waals surface area contributed by atoms with Crippen LogP contribution in [0.25, 0.3) is 0 Å². The van der Waals surface area contributed by atoms with Gasteiger partial charge in [0.05, 0.1) is 6.04 Å². The molecule has 1 aromatic carbocycles. The number of carbonyl (C=O) groups excluding carboxylic acids is 1. The molecule has 1 unspecified atom stereocenters. The molecule has 1 atom stereocenters. The molecule has 0 heterocycles. The number of primary amides is 1. The molecule has 4 heteroatoms. The number of benzene rings is 1. The average molecular weight is 238 g/mol. The van der Waals surface area contributed by atoms with Gasteiger partial charge in [0, 0.05) is 4.90 Å². The van der Waals surface area contributed by atoms with Gasteiger partial charge in [-0.15, -0.1) is 11.8 Å². The summed E-state index contributed by atoms with van der Waals surface area (Å²) in [5, 5.41) is 0. The molecule has 3 nitrogen and oxygen atoms in total. The second kappa shape index (κ2) is 5.92. The lowest BCUT2D eigenvalue weighted by atomic mass is 10.2. The van der Waals surface area contributed by atoms with Crippen LogP contribution < -0.4 is 11.5 Å². The summed E-state index contributed by atoms with van der Waals surface area (Å²) in [6.45, 7) is 4.16. The first kappa shape index (κ1) is 13.1. The Kier molecular flexibility index (Phi) is 4.83. The van der Waals surface area contributed by atoms with Gasteiger partial charge in [0.15, 0.2) is 0 Å². The minimum Gasteiger partial charge on any atom is -0.368 e. The Morgan fingerprint density at radius 3 is 2.69 bits per heavy atom. The molecule has 0 radical (unpaired) electrons. The fraction of sp³-hybridized carbons (Fsp3) is 0.417. The van der Waals surface area contributed by atoms with Crippen molar-refractivity contribution >= 4 is 17.7 Å². The van der Waals surface area contributed by atoms with E-state index >= 15 is 0 Å². The van der Waals surface area contributed by atoms with Crippen molar-refractivity contribution in [3.05, 3.63) is 29.3 Å². The van der Waals surface area contributed by atoms with Crippen molar-refractivity contribution in [2.75, 3.05) is 5.75 Å². The van der Waals surface area contributed by atoms with Crippen LogP contribution in [-0.4, -0.2) is 17.7 Å². The van der Waals surface area contributed by atoms with Gasteiger partial charge < -0.3 is 11.5 Å². The maximum Gasteiger partial charge on any atom is 0.234 e. The summed E-state index contributed by atoms with van der Waals surface area (Å²) >= 11 is 1.71. The predicted molar refractivity (Wildman–Crippen MR) is 68.4 cm³/mol. The number of nitrogens with two attached hydrogens (primary N) is 2. The second-order valence-corrected chi connectivity index (χ2v) is 5.05. The molecule has 0 spiro atoms. The molecule has 4 N–H and O–H groups in total. The van der Waals surface area contributed by atoms with E-state index in [1.165, 1.54) is 16.0 Å². The quantitative estimate of drug-likeness (QED) is 0.765. The van der Waals surface area contributed by atoms with Gasteiger partial charge >= 0.3 is 0 Å². The van der Waals surface area contributed by atoms with E-state index < -0.39 is 11.9 Å². The van der Waals surface area contributed by atoms with Crippen LogP contribution in [0.1, 0.15) is 17.5 Å². The summed E-state index contributed by atoms with van der Waals surface area (Å²) in [6, 6.07) is 5.81. The molecule has 1 aromatic rings. The van der Waals surface area contributed by atoms with E-state index in [0.717, 1.165) is 5.75 Å². The summed E-state index contributed by atoms with van der Waals surface area (Å²) in [7, 11) is 0. The number of hydrogen-bond donors (Lipinski definition) is 2. The largest absolute Gasteiger partial charge is 0.368 e. The highest BCUT2D eigenvalue weighted by Gasteiger charge is 2.09. The Morgan fingerprint density at radius 1 is 1.44 bits per heavy atom. The Morgan fingerprint density at radius 2 is 2.12 bits per heavy atom. The molecule has 0 aliphatic carbocycles. The Hall–Kier alpha value is -1.00. The number of thioether (sulfide) groups is 1. The van der Waals surface area contributed by atoms with Gasteiger partial charge in [-0.05, 0) is 37.7 Å². The molecule has 0 aliphatic heterocycles. The second-order valence-electron chi connectivity index (χ2n) is 3.91. The van der Waals surface area contributed by atoms with Gasteiger partial charge in [0.2, 0.25) is 5.91 Å². The number of carbonyl (C=O) groups is 1. The molecule has 0 saturated heterocycles. The molecule has 16 heavy (non-hydrogen) atoms. The lowest BCUT2D eigenvalue weighted by Crippen LogP contribution is -2.36. The normalized spacial score (nSPS) is 12.4. The Bertz CT molecular complexity index is 379. The first-order valence-corrected chi connectivity index (χ1v) is 6.24. The highest BCUT2D eigenvalue weighted by atomic mass is 32.2. The zero-order chi connectivity index (χ0) is 12.1. The third kappa shape index (κ3) is 3.87. The maximum atomic E-state index is 10.7. The molecule has 0 saturated carbocycles. The van der Waals surface area contributed by atoms with E-state index in [2.05, 4.69) is 32.0 Å². The van der Waals surface area contributed by atoms with Crippen LogP contribution in [0, 0.1) is 13.8 Å². The zero-order valence-electron chi connectivity index (χ0n) is 9.69. The van der Waals surface area contributed by atoms with Crippen molar-refractivity contribution in [2.24, 2.45) is 11.5 Å². The van der Waals surface area contributed by atoms with Crippen LogP contribution >= 0.6 is 11.8 Å². The van der Waals surface area contributed by atoms with E-state index in [1.807, 2.05) is 0 Å². The molecule has 0 bridgehead atoms. The van der Waals surface area contributed by atoms with E-state index in [1.54, 1.807) is 11.8 Å². The summed E-state index contributed by atoms with van der Waals surface area (Å²) in [5.74, 6) is 0.384. The molecule has 0 aliphatic rings. The van der Waals surface area contributed by atoms with Crippen molar-refractivity contribution in [3.8, 4) is 0 Å². The van der Waals surface area contributed by atoms with Crippen LogP contribution in [0.15, 0.2) is 23.1 Å². The van der Waals surface area contributed by atoms with Crippen LogP contribution in [0.2, 0.25) is 0 Å². The van der Waals surface area contributed by atoms with Gasteiger partial charge in [-0.1, -0.05) is 17.7 Å². The van der Waals surface area contributed by atoms with Gasteiger partial charge in [-0.3, -0.25) is 4.79 Å². The summed E-state index contributed by atoms with van der Waals surface area (Å²) < 4.78 is 0. The predicted octanol–water partition coefficient (Wildman–Crippen LogP) is 1.60. The maximum absolute atomic E-state index is 10.7. The number of aryl methyl sites for hydroxylation is 2. The molecule has 88 valence electrons. The fourth-order valence-electron chi connectivity index (χ4n) is 1.40. The lowest BCUT2D eigenvalue weighted by molar-refractivity contribution is -0.119. The van der Waals surface area contributed by atoms with Gasteiger partial charge in [-0.25, -0.2) is 0 Å². The first-order chi connectivity index (χ1) is 7.50. The van der Waals surface area contributed by atoms with Crippen molar-refractivity contribution in [3.63, 3.8) is 0 Å². The third-order valence-corrected chi connectivity index (χ3v) is 3.59. The molecule has 0 fully saturated rings. The highest BCUT2D eigenvalue weighted by Crippen LogP contribution is 2.23. The van der Waals surface area contributed by atoms with Crippen LogP contribution in [0.3, 0.4) is 0 Å². The highest BCUT2D eigenvalue weighted by molar-refractivity contribution is 7.99. The molecule has 1 rings (SSSR count). The minimum absolute atomic E-state index is 0.429. The molecule has 0 aromatic heterocycles. The molecular weight excluding hydrogens is 220 g/mol. The topological polar surface area (TPSA) is 69.1 Å². The van der Waals surface area contributed by atoms with Crippen LogP contribution in [0.4, 0.5) is 0 Å². The average Bonchev–Trinajstić information content (AvgIpc) is 2.20. The Balaban J connectivity index is 2.46. The first-order valence-electron chi connectivity index (χ1n) is 5.25. The summed E-state index contributed by atoms with van der Waals surface area (Å²) in [5.41, 5.74) is 13.2. The number of amides is 1. The Labute approximate surface area is 101 Å². The van der Waals surface area contributed by atoms with Crippen LogP contribution in [0.5, 0.6) is 0 Å². The monoisotopic (exact) mass is 238 g/mol.